The van der Waals surface area contributed by atoms with Crippen LogP contribution >= 0.6 is 0 Å². The first-order valence-electron chi connectivity index (χ1n) is 6.55. The number of aromatic nitrogens is 2. The molecule has 0 radical (unpaired) electrons. The molecule has 1 aliphatic rings. The normalized spacial score (nSPS) is 17.6. The Labute approximate surface area is 116 Å². The zero-order chi connectivity index (χ0) is 14.9. The summed E-state index contributed by atoms with van der Waals surface area (Å²) in [5.41, 5.74) is 5.35. The van der Waals surface area contributed by atoms with Crippen molar-refractivity contribution in [1.29, 1.82) is 0 Å². The van der Waals surface area contributed by atoms with Gasteiger partial charge in [-0.05, 0) is 35.6 Å². The summed E-state index contributed by atoms with van der Waals surface area (Å²) in [5, 5.41) is 13.6. The number of nitrogens with one attached hydrogen (secondary N) is 1. The molecule has 0 aliphatic heterocycles. The Morgan fingerprint density at radius 2 is 2.35 bits per heavy atom. The Hall–Kier alpha value is -1.96. The average molecular weight is 281 g/mol. The van der Waals surface area contributed by atoms with Gasteiger partial charge in [0, 0.05) is 13.5 Å². The molecule has 1 saturated carbocycles. The van der Waals surface area contributed by atoms with E-state index in [1.165, 1.54) is 10.8 Å². The third-order valence-electron chi connectivity index (χ3n) is 3.79. The number of amides is 1. The molecule has 1 heterocycles. The molecule has 20 heavy (non-hydrogen) atoms. The summed E-state index contributed by atoms with van der Waals surface area (Å²) in [4.78, 5) is 25.9. The van der Waals surface area contributed by atoms with Gasteiger partial charge in [-0.2, -0.15) is 0 Å². The lowest BCUT2D eigenvalue weighted by Gasteiger charge is -2.29. The van der Waals surface area contributed by atoms with Gasteiger partial charge in [-0.1, -0.05) is 0 Å². The number of imidazole rings is 1. The van der Waals surface area contributed by atoms with Crippen molar-refractivity contribution >= 4 is 11.7 Å². The van der Waals surface area contributed by atoms with E-state index in [0.717, 1.165) is 12.8 Å². The molecule has 8 heteroatoms. The van der Waals surface area contributed by atoms with Crippen LogP contribution in [0.3, 0.4) is 0 Å². The lowest BCUT2D eigenvalue weighted by atomic mass is 9.96. The summed E-state index contributed by atoms with van der Waals surface area (Å²) in [7, 11) is 0. The van der Waals surface area contributed by atoms with Crippen LogP contribution in [0.4, 0.5) is 5.82 Å². The van der Waals surface area contributed by atoms with Crippen LogP contribution in [-0.2, 0) is 11.3 Å². The summed E-state index contributed by atoms with van der Waals surface area (Å²) in [5.74, 6) is 0.404. The van der Waals surface area contributed by atoms with E-state index < -0.39 is 10.5 Å². The standard InChI is InChI=1S/C12H19N5O3/c1-8-14-10(17(19)20)5-16(8)6-11(18)15-12(2,7-13)9-3-4-9/h5,9H,3-4,6-7,13H2,1-2H3,(H,15,18). The van der Waals surface area contributed by atoms with Crippen molar-refractivity contribution in [3.05, 3.63) is 22.1 Å². The van der Waals surface area contributed by atoms with Gasteiger partial charge in [-0.25, -0.2) is 0 Å². The van der Waals surface area contributed by atoms with Gasteiger partial charge < -0.3 is 21.2 Å². The van der Waals surface area contributed by atoms with Gasteiger partial charge >= 0.3 is 5.82 Å². The molecule has 1 aromatic rings. The molecular formula is C12H19N5O3. The maximum absolute atomic E-state index is 12.1. The molecule has 1 aliphatic carbocycles. The van der Waals surface area contributed by atoms with E-state index in [0.29, 0.717) is 18.3 Å². The summed E-state index contributed by atoms with van der Waals surface area (Å²) in [6, 6.07) is 0. The van der Waals surface area contributed by atoms with Crippen molar-refractivity contribution in [3.63, 3.8) is 0 Å². The minimum Gasteiger partial charge on any atom is -0.358 e. The molecule has 2 rings (SSSR count). The Morgan fingerprint density at radius 1 is 1.70 bits per heavy atom. The maximum Gasteiger partial charge on any atom is 0.381 e. The number of hydrogen-bond acceptors (Lipinski definition) is 5. The molecule has 1 atom stereocenters. The predicted octanol–water partition coefficient (Wildman–Crippen LogP) is 0.343. The van der Waals surface area contributed by atoms with Crippen LogP contribution in [0.5, 0.6) is 0 Å². The largest absolute Gasteiger partial charge is 0.381 e. The van der Waals surface area contributed by atoms with E-state index in [9.17, 15) is 14.9 Å². The zero-order valence-electron chi connectivity index (χ0n) is 11.6. The first kappa shape index (κ1) is 14.4. The number of nitro groups is 1. The molecule has 1 amide bonds. The maximum atomic E-state index is 12.1. The van der Waals surface area contributed by atoms with Crippen LogP contribution in [0, 0.1) is 23.0 Å². The van der Waals surface area contributed by atoms with Gasteiger partial charge in [-0.15, -0.1) is 0 Å². The molecule has 8 nitrogen and oxygen atoms in total. The molecule has 1 unspecified atom stereocenters. The van der Waals surface area contributed by atoms with Crippen molar-refractivity contribution in [3.8, 4) is 0 Å². The van der Waals surface area contributed by atoms with E-state index in [1.807, 2.05) is 6.92 Å². The van der Waals surface area contributed by atoms with E-state index >= 15 is 0 Å². The van der Waals surface area contributed by atoms with Crippen molar-refractivity contribution in [1.82, 2.24) is 14.9 Å². The number of carbonyl (C=O) groups excluding carboxylic acids is 1. The quantitative estimate of drug-likeness (QED) is 0.576. The van der Waals surface area contributed by atoms with Gasteiger partial charge in [-0.3, -0.25) is 9.36 Å². The second-order valence-electron chi connectivity index (χ2n) is 5.48. The van der Waals surface area contributed by atoms with E-state index in [1.54, 1.807) is 6.92 Å². The van der Waals surface area contributed by atoms with Gasteiger partial charge in [0.1, 0.15) is 12.7 Å². The highest BCUT2D eigenvalue weighted by Gasteiger charge is 2.41. The number of nitrogens with two attached hydrogens (primary N) is 1. The van der Waals surface area contributed by atoms with Crippen LogP contribution in [0.2, 0.25) is 0 Å². The first-order valence-corrected chi connectivity index (χ1v) is 6.55. The number of carbonyl (C=O) groups is 1. The van der Waals surface area contributed by atoms with Crippen molar-refractivity contribution in [2.45, 2.75) is 38.8 Å². The smallest absolute Gasteiger partial charge is 0.358 e. The summed E-state index contributed by atoms with van der Waals surface area (Å²) in [6.45, 7) is 3.95. The minimum atomic E-state index is -0.574. The number of aryl methyl sites for hydroxylation is 1. The Bertz CT molecular complexity index is 537. The van der Waals surface area contributed by atoms with Crippen LogP contribution in [0.1, 0.15) is 25.6 Å². The monoisotopic (exact) mass is 281 g/mol. The number of nitrogens with zero attached hydrogens (tertiary/aromatic N) is 3. The Balaban J connectivity index is 2.02. The lowest BCUT2D eigenvalue weighted by molar-refractivity contribution is -0.389. The first-order chi connectivity index (χ1) is 9.35. The lowest BCUT2D eigenvalue weighted by Crippen LogP contribution is -2.53. The van der Waals surface area contributed by atoms with Crippen molar-refractivity contribution < 1.29 is 9.72 Å². The van der Waals surface area contributed by atoms with Crippen LogP contribution < -0.4 is 11.1 Å². The summed E-state index contributed by atoms with van der Waals surface area (Å²) in [6.07, 6.45) is 3.42. The number of rotatable bonds is 6. The van der Waals surface area contributed by atoms with Crippen LogP contribution in [-0.4, -0.2) is 32.5 Å². The highest BCUT2D eigenvalue weighted by molar-refractivity contribution is 5.76. The van der Waals surface area contributed by atoms with Gasteiger partial charge in [0.2, 0.25) is 11.7 Å². The SMILES string of the molecule is Cc1nc([N+](=O)[O-])cn1CC(=O)NC(C)(CN)C1CC1. The minimum absolute atomic E-state index is 0.00891. The predicted molar refractivity (Wildman–Crippen MR) is 71.9 cm³/mol. The van der Waals surface area contributed by atoms with Gasteiger partial charge in [0.05, 0.1) is 5.54 Å². The summed E-state index contributed by atoms with van der Waals surface area (Å²) >= 11 is 0. The fourth-order valence-electron chi connectivity index (χ4n) is 2.29. The zero-order valence-corrected chi connectivity index (χ0v) is 11.6. The molecule has 1 aromatic heterocycles. The fourth-order valence-corrected chi connectivity index (χ4v) is 2.29. The molecular weight excluding hydrogens is 262 g/mol. The van der Waals surface area contributed by atoms with Crippen molar-refractivity contribution in [2.75, 3.05) is 6.54 Å². The third kappa shape index (κ3) is 2.96. The highest BCUT2D eigenvalue weighted by Crippen LogP contribution is 2.38. The highest BCUT2D eigenvalue weighted by atomic mass is 16.6. The van der Waals surface area contributed by atoms with Gasteiger partial charge in [0.25, 0.3) is 0 Å². The van der Waals surface area contributed by atoms with E-state index in [-0.39, 0.29) is 18.3 Å². The van der Waals surface area contributed by atoms with Crippen molar-refractivity contribution in [2.24, 2.45) is 11.7 Å². The second-order valence-corrected chi connectivity index (χ2v) is 5.48. The Morgan fingerprint density at radius 3 is 2.80 bits per heavy atom. The third-order valence-corrected chi connectivity index (χ3v) is 3.79. The molecule has 0 aromatic carbocycles. The van der Waals surface area contributed by atoms with E-state index in [4.69, 9.17) is 5.73 Å². The molecule has 0 spiro atoms. The second kappa shape index (κ2) is 5.20. The average Bonchev–Trinajstić information content (AvgIpc) is 3.16. The molecule has 1 fully saturated rings. The Kier molecular flexibility index (Phi) is 3.76. The van der Waals surface area contributed by atoms with Gasteiger partial charge in [0.15, 0.2) is 0 Å². The number of hydrogen-bond donors (Lipinski definition) is 2. The molecule has 0 bridgehead atoms. The van der Waals surface area contributed by atoms with Crippen LogP contribution in [0.25, 0.3) is 0 Å². The molecule has 110 valence electrons. The molecule has 0 saturated heterocycles. The van der Waals surface area contributed by atoms with Crippen LogP contribution in [0.15, 0.2) is 6.20 Å². The molecule has 3 N–H and O–H groups in total. The fraction of sp³-hybridized carbons (Fsp3) is 0.667. The summed E-state index contributed by atoms with van der Waals surface area (Å²) < 4.78 is 1.47. The van der Waals surface area contributed by atoms with E-state index in [2.05, 4.69) is 10.3 Å². The topological polar surface area (TPSA) is 116 Å².